The maximum Gasteiger partial charge on any atom is 0.232 e. The molecule has 1 heterocycles. The Morgan fingerprint density at radius 3 is 2.43 bits per heavy atom. The Morgan fingerprint density at radius 1 is 1.29 bits per heavy atom. The number of aromatic nitrogens is 1. The summed E-state index contributed by atoms with van der Waals surface area (Å²) in [6.45, 7) is 0. The van der Waals surface area contributed by atoms with Gasteiger partial charge in [-0.2, -0.15) is 4.98 Å². The number of aromatic hydroxyl groups is 1. The molecule has 1 aromatic carbocycles. The lowest BCUT2D eigenvalue weighted by Gasteiger charge is -1.96. The van der Waals surface area contributed by atoms with Gasteiger partial charge in [-0.05, 0) is 17.7 Å². The highest BCUT2D eigenvalue weighted by molar-refractivity contribution is 7.19. The number of rotatable bonds is 1. The van der Waals surface area contributed by atoms with Crippen LogP contribution in [0, 0.1) is 0 Å². The van der Waals surface area contributed by atoms with Gasteiger partial charge >= 0.3 is 0 Å². The van der Waals surface area contributed by atoms with Crippen LogP contribution in [0.2, 0.25) is 5.02 Å². The highest BCUT2D eigenvalue weighted by atomic mass is 35.5. The van der Waals surface area contributed by atoms with Gasteiger partial charge < -0.3 is 10.8 Å². The van der Waals surface area contributed by atoms with Crippen LogP contribution in [-0.4, -0.2) is 10.1 Å². The molecule has 0 aliphatic rings. The third kappa shape index (κ3) is 1.66. The van der Waals surface area contributed by atoms with Gasteiger partial charge in [0.15, 0.2) is 5.13 Å². The molecule has 0 bridgehead atoms. The first-order chi connectivity index (χ1) is 6.66. The molecule has 0 fully saturated rings. The van der Waals surface area contributed by atoms with E-state index in [0.29, 0.717) is 15.0 Å². The quantitative estimate of drug-likeness (QED) is 0.786. The van der Waals surface area contributed by atoms with Gasteiger partial charge in [0.2, 0.25) is 5.88 Å². The summed E-state index contributed by atoms with van der Waals surface area (Å²) in [5.41, 5.74) is 6.33. The number of anilines is 1. The van der Waals surface area contributed by atoms with Crippen LogP contribution >= 0.6 is 22.9 Å². The fraction of sp³-hybridized carbons (Fsp3) is 0. The summed E-state index contributed by atoms with van der Waals surface area (Å²) in [6, 6.07) is 7.14. The van der Waals surface area contributed by atoms with Gasteiger partial charge in [-0.3, -0.25) is 0 Å². The van der Waals surface area contributed by atoms with Crippen LogP contribution in [0.5, 0.6) is 5.88 Å². The van der Waals surface area contributed by atoms with Gasteiger partial charge in [-0.15, -0.1) is 0 Å². The predicted octanol–water partition coefficient (Wildman–Crippen LogP) is 2.75. The molecule has 0 saturated heterocycles. The Morgan fingerprint density at radius 2 is 1.93 bits per heavy atom. The summed E-state index contributed by atoms with van der Waals surface area (Å²) in [7, 11) is 0. The van der Waals surface area contributed by atoms with E-state index in [0.717, 1.165) is 5.56 Å². The van der Waals surface area contributed by atoms with E-state index in [1.807, 2.05) is 12.1 Å². The molecule has 0 amide bonds. The lowest BCUT2D eigenvalue weighted by molar-refractivity contribution is 0.460. The monoisotopic (exact) mass is 226 g/mol. The number of halogens is 1. The highest BCUT2D eigenvalue weighted by Gasteiger charge is 2.09. The second kappa shape index (κ2) is 3.48. The molecule has 72 valence electrons. The van der Waals surface area contributed by atoms with Crippen molar-refractivity contribution in [1.82, 2.24) is 4.98 Å². The van der Waals surface area contributed by atoms with Crippen molar-refractivity contribution < 1.29 is 5.11 Å². The third-order valence-corrected chi connectivity index (χ3v) is 2.91. The van der Waals surface area contributed by atoms with E-state index < -0.39 is 0 Å². The first-order valence-electron chi connectivity index (χ1n) is 3.88. The van der Waals surface area contributed by atoms with E-state index in [-0.39, 0.29) is 5.88 Å². The first-order valence-corrected chi connectivity index (χ1v) is 5.07. The topological polar surface area (TPSA) is 59.1 Å². The van der Waals surface area contributed by atoms with Crippen LogP contribution in [0.1, 0.15) is 0 Å². The van der Waals surface area contributed by atoms with Crippen LogP contribution in [0.4, 0.5) is 5.13 Å². The molecule has 0 aliphatic carbocycles. The summed E-state index contributed by atoms with van der Waals surface area (Å²) in [5.74, 6) is -0.0326. The fourth-order valence-corrected chi connectivity index (χ4v) is 1.98. The van der Waals surface area contributed by atoms with Crippen LogP contribution in [0.3, 0.4) is 0 Å². The van der Waals surface area contributed by atoms with Crippen LogP contribution in [0.15, 0.2) is 24.3 Å². The van der Waals surface area contributed by atoms with Crippen molar-refractivity contribution in [2.75, 3.05) is 5.73 Å². The van der Waals surface area contributed by atoms with E-state index in [1.165, 1.54) is 11.3 Å². The van der Waals surface area contributed by atoms with Crippen molar-refractivity contribution in [2.45, 2.75) is 0 Å². The van der Waals surface area contributed by atoms with Gasteiger partial charge in [0.1, 0.15) is 0 Å². The van der Waals surface area contributed by atoms with Crippen LogP contribution in [0.25, 0.3) is 10.4 Å². The number of hydrogen-bond acceptors (Lipinski definition) is 4. The standard InChI is InChI=1S/C9H7ClN2OS/c10-6-3-1-5(2-4-6)7-8(13)12-9(11)14-7/h1-4,13H,(H2,11,12). The highest BCUT2D eigenvalue weighted by Crippen LogP contribution is 2.36. The molecule has 0 unspecified atom stereocenters. The van der Waals surface area contributed by atoms with Crippen molar-refractivity contribution in [3.63, 3.8) is 0 Å². The van der Waals surface area contributed by atoms with Gasteiger partial charge in [-0.1, -0.05) is 35.1 Å². The van der Waals surface area contributed by atoms with E-state index in [9.17, 15) is 5.11 Å². The van der Waals surface area contributed by atoms with E-state index in [2.05, 4.69) is 4.98 Å². The number of thiazole rings is 1. The Labute approximate surface area is 89.8 Å². The molecule has 0 aliphatic heterocycles. The van der Waals surface area contributed by atoms with E-state index in [1.54, 1.807) is 12.1 Å². The zero-order valence-corrected chi connectivity index (χ0v) is 8.64. The molecule has 14 heavy (non-hydrogen) atoms. The zero-order valence-electron chi connectivity index (χ0n) is 7.07. The first kappa shape index (κ1) is 9.30. The Bertz CT molecular complexity index is 452. The summed E-state index contributed by atoms with van der Waals surface area (Å²) >= 11 is 6.99. The van der Waals surface area contributed by atoms with Gasteiger partial charge in [0.05, 0.1) is 4.88 Å². The fourth-order valence-electron chi connectivity index (χ4n) is 1.12. The third-order valence-electron chi connectivity index (χ3n) is 1.73. The number of nitrogens with two attached hydrogens (primary N) is 1. The minimum absolute atomic E-state index is 0.0326. The Balaban J connectivity index is 2.49. The minimum Gasteiger partial charge on any atom is -0.492 e. The molecule has 0 saturated carbocycles. The Kier molecular flexibility index (Phi) is 2.31. The smallest absolute Gasteiger partial charge is 0.232 e. The van der Waals surface area contributed by atoms with Crippen LogP contribution in [-0.2, 0) is 0 Å². The summed E-state index contributed by atoms with van der Waals surface area (Å²) in [4.78, 5) is 4.39. The average Bonchev–Trinajstić information content (AvgIpc) is 2.47. The van der Waals surface area contributed by atoms with Crippen molar-refractivity contribution in [3.8, 4) is 16.3 Å². The van der Waals surface area contributed by atoms with Crippen LogP contribution < -0.4 is 5.73 Å². The molecule has 2 aromatic rings. The molecule has 0 spiro atoms. The normalized spacial score (nSPS) is 10.4. The van der Waals surface area contributed by atoms with Crippen molar-refractivity contribution in [2.24, 2.45) is 0 Å². The average molecular weight is 227 g/mol. The number of nitrogens with zero attached hydrogens (tertiary/aromatic N) is 1. The molecule has 0 radical (unpaired) electrons. The van der Waals surface area contributed by atoms with Gasteiger partial charge in [0, 0.05) is 5.02 Å². The molecule has 3 nitrogen and oxygen atoms in total. The minimum atomic E-state index is -0.0326. The molecule has 1 aromatic heterocycles. The van der Waals surface area contributed by atoms with Crippen molar-refractivity contribution in [1.29, 1.82) is 0 Å². The largest absolute Gasteiger partial charge is 0.492 e. The number of nitrogen functional groups attached to an aromatic ring is 1. The molecule has 0 atom stereocenters. The van der Waals surface area contributed by atoms with E-state index >= 15 is 0 Å². The maximum absolute atomic E-state index is 9.44. The molecule has 2 rings (SSSR count). The van der Waals surface area contributed by atoms with Gasteiger partial charge in [0.25, 0.3) is 0 Å². The molecular weight excluding hydrogens is 220 g/mol. The lowest BCUT2D eigenvalue weighted by Crippen LogP contribution is -1.78. The zero-order chi connectivity index (χ0) is 10.1. The SMILES string of the molecule is Nc1nc(O)c(-c2ccc(Cl)cc2)s1. The van der Waals surface area contributed by atoms with Crippen molar-refractivity contribution >= 4 is 28.1 Å². The lowest BCUT2D eigenvalue weighted by atomic mass is 10.2. The second-order valence-electron chi connectivity index (χ2n) is 2.71. The summed E-state index contributed by atoms with van der Waals surface area (Å²) in [6.07, 6.45) is 0. The molecule has 5 heteroatoms. The predicted molar refractivity (Wildman–Crippen MR) is 58.6 cm³/mol. The Hall–Kier alpha value is -1.26. The molecule has 3 N–H and O–H groups in total. The van der Waals surface area contributed by atoms with Crippen molar-refractivity contribution in [3.05, 3.63) is 29.3 Å². The van der Waals surface area contributed by atoms with Gasteiger partial charge in [-0.25, -0.2) is 0 Å². The van der Waals surface area contributed by atoms with E-state index in [4.69, 9.17) is 17.3 Å². The summed E-state index contributed by atoms with van der Waals surface area (Å²) in [5, 5.41) is 10.5. The summed E-state index contributed by atoms with van der Waals surface area (Å²) < 4.78 is 0. The maximum atomic E-state index is 9.44. The number of hydrogen-bond donors (Lipinski definition) is 2. The molecular formula is C9H7ClN2OS. The second-order valence-corrected chi connectivity index (χ2v) is 4.18. The number of benzene rings is 1.